The number of hydrogen-bond donors (Lipinski definition) is 0. The predicted octanol–water partition coefficient (Wildman–Crippen LogP) is 4.87. The third-order valence-electron chi connectivity index (χ3n) is 2.92. The number of thiazole rings is 1. The molecule has 3 aromatic heterocycles. The van der Waals surface area contributed by atoms with E-state index in [1.165, 1.54) is 0 Å². The Balaban J connectivity index is 2.03. The van der Waals surface area contributed by atoms with Crippen LogP contribution >= 0.6 is 27.3 Å². The van der Waals surface area contributed by atoms with E-state index >= 15 is 0 Å². The lowest BCUT2D eigenvalue weighted by Gasteiger charge is -1.95. The molecule has 0 aliphatic heterocycles. The molecule has 92 valence electrons. The molecule has 1 aromatic carbocycles. The van der Waals surface area contributed by atoms with Crippen molar-refractivity contribution in [2.24, 2.45) is 0 Å². The van der Waals surface area contributed by atoms with Crippen LogP contribution in [0.2, 0.25) is 0 Å². The first-order valence-electron chi connectivity index (χ1n) is 5.71. The molecule has 4 aromatic rings. The highest BCUT2D eigenvalue weighted by molar-refractivity contribution is 9.10. The topological polar surface area (TPSA) is 38.9 Å². The number of furan rings is 1. The average Bonchev–Trinajstić information content (AvgIpc) is 3.04. The van der Waals surface area contributed by atoms with E-state index in [-0.39, 0.29) is 0 Å². The maximum absolute atomic E-state index is 5.56. The Labute approximate surface area is 121 Å². The van der Waals surface area contributed by atoms with E-state index in [9.17, 15) is 0 Å². The second-order valence-corrected chi connectivity index (χ2v) is 5.89. The first kappa shape index (κ1) is 11.1. The third-order valence-corrected chi connectivity index (χ3v) is 4.46. The van der Waals surface area contributed by atoms with Crippen LogP contribution in [0.25, 0.3) is 31.9 Å². The molecular weight excluding hydrogens is 324 g/mol. The number of nitrogens with zero attached hydrogens (tertiary/aromatic N) is 2. The van der Waals surface area contributed by atoms with Crippen molar-refractivity contribution in [3.8, 4) is 10.8 Å². The van der Waals surface area contributed by atoms with Gasteiger partial charge in [-0.15, -0.1) is 11.3 Å². The van der Waals surface area contributed by atoms with Gasteiger partial charge < -0.3 is 4.42 Å². The summed E-state index contributed by atoms with van der Waals surface area (Å²) < 4.78 is 7.42. The number of hydrogen-bond acceptors (Lipinski definition) is 4. The van der Waals surface area contributed by atoms with Crippen molar-refractivity contribution in [3.05, 3.63) is 47.3 Å². The summed E-state index contributed by atoms with van der Waals surface area (Å²) in [5.74, 6) is 0.783. The normalized spacial score (nSPS) is 11.4. The van der Waals surface area contributed by atoms with E-state index in [1.807, 2.05) is 30.3 Å². The van der Waals surface area contributed by atoms with Crippen molar-refractivity contribution in [2.45, 2.75) is 0 Å². The molecule has 0 aliphatic carbocycles. The molecule has 0 spiro atoms. The summed E-state index contributed by atoms with van der Waals surface area (Å²) in [4.78, 5) is 8.99. The van der Waals surface area contributed by atoms with Crippen LogP contribution in [0.4, 0.5) is 0 Å². The van der Waals surface area contributed by atoms with E-state index in [4.69, 9.17) is 4.42 Å². The standard InChI is InChI=1S/C14H7BrN2OS/c15-12-6-5-11(18-12)14-17-10-4-3-9-8(13(10)19-14)2-1-7-16-9/h1-7H. The molecule has 0 saturated carbocycles. The summed E-state index contributed by atoms with van der Waals surface area (Å²) in [6.07, 6.45) is 1.81. The number of pyridine rings is 1. The Morgan fingerprint density at radius 1 is 1.05 bits per heavy atom. The van der Waals surface area contributed by atoms with Gasteiger partial charge in [-0.05, 0) is 52.3 Å². The predicted molar refractivity (Wildman–Crippen MR) is 80.3 cm³/mol. The van der Waals surface area contributed by atoms with Crippen LogP contribution in [0.1, 0.15) is 0 Å². The van der Waals surface area contributed by atoms with Gasteiger partial charge in [0.1, 0.15) is 0 Å². The molecule has 4 rings (SSSR count). The molecule has 0 N–H and O–H groups in total. The van der Waals surface area contributed by atoms with Crippen molar-refractivity contribution in [1.82, 2.24) is 9.97 Å². The summed E-state index contributed by atoms with van der Waals surface area (Å²) in [6.45, 7) is 0. The molecule has 0 aliphatic rings. The highest BCUT2D eigenvalue weighted by Gasteiger charge is 2.12. The fourth-order valence-electron chi connectivity index (χ4n) is 2.07. The van der Waals surface area contributed by atoms with Gasteiger partial charge in [0.25, 0.3) is 0 Å². The summed E-state index contributed by atoms with van der Waals surface area (Å²) in [7, 11) is 0. The van der Waals surface area contributed by atoms with Gasteiger partial charge in [0.2, 0.25) is 0 Å². The van der Waals surface area contributed by atoms with Gasteiger partial charge in [-0.3, -0.25) is 4.98 Å². The molecule has 0 radical (unpaired) electrons. The molecule has 0 fully saturated rings. The van der Waals surface area contributed by atoms with Crippen LogP contribution in [0, 0.1) is 0 Å². The fraction of sp³-hybridized carbons (Fsp3) is 0. The summed E-state index contributed by atoms with van der Waals surface area (Å²) in [6, 6.07) is 11.8. The summed E-state index contributed by atoms with van der Waals surface area (Å²) >= 11 is 4.94. The molecule has 3 nitrogen and oxygen atoms in total. The lowest BCUT2D eigenvalue weighted by molar-refractivity contribution is 0.555. The Morgan fingerprint density at radius 2 is 1.95 bits per heavy atom. The molecule has 19 heavy (non-hydrogen) atoms. The molecule has 0 unspecified atom stereocenters. The van der Waals surface area contributed by atoms with E-state index in [0.29, 0.717) is 4.67 Å². The van der Waals surface area contributed by atoms with Crippen LogP contribution in [0.15, 0.2) is 51.7 Å². The zero-order valence-electron chi connectivity index (χ0n) is 9.63. The molecule has 0 amide bonds. The maximum Gasteiger partial charge on any atom is 0.170 e. The van der Waals surface area contributed by atoms with Crippen LogP contribution in [0.5, 0.6) is 0 Å². The minimum Gasteiger partial charge on any atom is -0.447 e. The van der Waals surface area contributed by atoms with Crippen LogP contribution in [0.3, 0.4) is 0 Å². The second kappa shape index (κ2) is 4.15. The van der Waals surface area contributed by atoms with Gasteiger partial charge in [0, 0.05) is 11.6 Å². The van der Waals surface area contributed by atoms with Gasteiger partial charge in [0.15, 0.2) is 15.4 Å². The Hall–Kier alpha value is -1.72. The SMILES string of the molecule is Brc1ccc(-c2nc3ccc4ncccc4c3s2)o1. The van der Waals surface area contributed by atoms with Crippen molar-refractivity contribution < 1.29 is 4.42 Å². The molecule has 0 atom stereocenters. The number of benzene rings is 1. The largest absolute Gasteiger partial charge is 0.447 e. The number of fused-ring (bicyclic) bond motifs is 3. The van der Waals surface area contributed by atoms with E-state index in [2.05, 4.69) is 32.0 Å². The highest BCUT2D eigenvalue weighted by Crippen LogP contribution is 2.35. The van der Waals surface area contributed by atoms with Crippen molar-refractivity contribution in [2.75, 3.05) is 0 Å². The van der Waals surface area contributed by atoms with E-state index in [0.717, 1.165) is 31.9 Å². The van der Waals surface area contributed by atoms with Crippen LogP contribution in [-0.4, -0.2) is 9.97 Å². The quantitative estimate of drug-likeness (QED) is 0.500. The molecular formula is C14H7BrN2OS. The second-order valence-electron chi connectivity index (χ2n) is 4.11. The molecule has 0 bridgehead atoms. The zero-order chi connectivity index (χ0) is 12.8. The lowest BCUT2D eigenvalue weighted by atomic mass is 10.2. The van der Waals surface area contributed by atoms with E-state index in [1.54, 1.807) is 17.5 Å². The number of rotatable bonds is 1. The number of aromatic nitrogens is 2. The van der Waals surface area contributed by atoms with Gasteiger partial charge in [-0.2, -0.15) is 0 Å². The molecule has 0 saturated heterocycles. The smallest absolute Gasteiger partial charge is 0.170 e. The van der Waals surface area contributed by atoms with Crippen molar-refractivity contribution >= 4 is 48.4 Å². The first-order valence-corrected chi connectivity index (χ1v) is 7.32. The zero-order valence-corrected chi connectivity index (χ0v) is 12.0. The van der Waals surface area contributed by atoms with Gasteiger partial charge >= 0.3 is 0 Å². The average molecular weight is 331 g/mol. The fourth-order valence-corrected chi connectivity index (χ4v) is 3.43. The van der Waals surface area contributed by atoms with Gasteiger partial charge in [-0.25, -0.2) is 4.98 Å². The van der Waals surface area contributed by atoms with Gasteiger partial charge in [-0.1, -0.05) is 0 Å². The van der Waals surface area contributed by atoms with Crippen LogP contribution < -0.4 is 0 Å². The Kier molecular flexibility index (Phi) is 2.43. The minimum atomic E-state index is 0.716. The summed E-state index contributed by atoms with van der Waals surface area (Å²) in [5, 5.41) is 2.02. The first-order chi connectivity index (χ1) is 9.31. The Bertz CT molecular complexity index is 897. The minimum absolute atomic E-state index is 0.716. The third kappa shape index (κ3) is 1.77. The van der Waals surface area contributed by atoms with Crippen LogP contribution in [-0.2, 0) is 0 Å². The molecule has 5 heteroatoms. The van der Waals surface area contributed by atoms with Crippen molar-refractivity contribution in [1.29, 1.82) is 0 Å². The Morgan fingerprint density at radius 3 is 2.79 bits per heavy atom. The molecule has 3 heterocycles. The monoisotopic (exact) mass is 330 g/mol. The van der Waals surface area contributed by atoms with Gasteiger partial charge in [0.05, 0.1) is 15.7 Å². The number of halogens is 1. The van der Waals surface area contributed by atoms with E-state index < -0.39 is 0 Å². The lowest BCUT2D eigenvalue weighted by Crippen LogP contribution is -1.77. The highest BCUT2D eigenvalue weighted by atomic mass is 79.9. The summed E-state index contributed by atoms with van der Waals surface area (Å²) in [5.41, 5.74) is 1.97. The maximum atomic E-state index is 5.56. The van der Waals surface area contributed by atoms with Crippen molar-refractivity contribution in [3.63, 3.8) is 0 Å².